The van der Waals surface area contributed by atoms with E-state index >= 15 is 0 Å². The molecule has 1 N–H and O–H groups in total. The summed E-state index contributed by atoms with van der Waals surface area (Å²) in [5.74, 6) is -0.999. The van der Waals surface area contributed by atoms with Gasteiger partial charge in [0.05, 0.1) is 5.56 Å². The van der Waals surface area contributed by atoms with Crippen LogP contribution in [0.25, 0.3) is 0 Å². The highest BCUT2D eigenvalue weighted by Gasteiger charge is 2.19. The number of benzene rings is 1. The van der Waals surface area contributed by atoms with Crippen molar-refractivity contribution in [1.29, 1.82) is 0 Å². The number of hydrogen-bond acceptors (Lipinski definition) is 2. The van der Waals surface area contributed by atoms with Gasteiger partial charge >= 0.3 is 0 Å². The Bertz CT molecular complexity index is 423. The summed E-state index contributed by atoms with van der Waals surface area (Å²) in [6.45, 7) is 4.48. The third-order valence-electron chi connectivity index (χ3n) is 2.40. The zero-order valence-electron chi connectivity index (χ0n) is 10.0. The van der Waals surface area contributed by atoms with E-state index < -0.39 is 11.7 Å². The molecule has 94 valence electrons. The molecule has 1 amide bonds. The summed E-state index contributed by atoms with van der Waals surface area (Å²) in [5.41, 5.74) is -0.0191. The Morgan fingerprint density at radius 3 is 2.76 bits per heavy atom. The third-order valence-corrected chi connectivity index (χ3v) is 3.88. The summed E-state index contributed by atoms with van der Waals surface area (Å²) in [4.78, 5) is 11.8. The number of nitrogens with one attached hydrogen (secondary N) is 1. The molecule has 0 aliphatic carbocycles. The van der Waals surface area contributed by atoms with E-state index in [0.717, 1.165) is 0 Å². The first-order chi connectivity index (χ1) is 7.85. The maximum atomic E-state index is 13.4. The number of hydrogen-bond donors (Lipinski definition) is 1. The van der Waals surface area contributed by atoms with Crippen LogP contribution in [0.15, 0.2) is 18.2 Å². The van der Waals surface area contributed by atoms with E-state index in [0.29, 0.717) is 11.6 Å². The molecule has 0 saturated heterocycles. The Labute approximate surface area is 110 Å². The molecule has 1 rings (SSSR count). The molecule has 1 aromatic carbocycles. The fraction of sp³-hybridized carbons (Fsp3) is 0.417. The van der Waals surface area contributed by atoms with Crippen LogP contribution in [0.2, 0.25) is 5.02 Å². The van der Waals surface area contributed by atoms with E-state index in [1.807, 2.05) is 20.1 Å². The van der Waals surface area contributed by atoms with Gasteiger partial charge in [-0.15, -0.1) is 0 Å². The maximum Gasteiger partial charge on any atom is 0.254 e. The number of thioether (sulfide) groups is 1. The molecule has 17 heavy (non-hydrogen) atoms. The van der Waals surface area contributed by atoms with Gasteiger partial charge < -0.3 is 5.32 Å². The number of amides is 1. The molecular formula is C12H15ClFNOS. The minimum Gasteiger partial charge on any atom is -0.351 e. The Morgan fingerprint density at radius 1 is 1.53 bits per heavy atom. The van der Waals surface area contributed by atoms with Gasteiger partial charge in [-0.25, -0.2) is 4.39 Å². The summed E-state index contributed by atoms with van der Waals surface area (Å²) < 4.78 is 13.3. The van der Waals surface area contributed by atoms with Crippen LogP contribution >= 0.6 is 23.4 Å². The van der Waals surface area contributed by atoms with Crippen molar-refractivity contribution in [3.05, 3.63) is 34.6 Å². The van der Waals surface area contributed by atoms with Gasteiger partial charge in [-0.1, -0.05) is 11.6 Å². The molecule has 5 heteroatoms. The lowest BCUT2D eigenvalue weighted by molar-refractivity contribution is 0.0947. The zero-order valence-corrected chi connectivity index (χ0v) is 11.6. The molecule has 0 atom stereocenters. The molecule has 0 unspecified atom stereocenters. The van der Waals surface area contributed by atoms with Gasteiger partial charge in [-0.3, -0.25) is 4.79 Å². The van der Waals surface area contributed by atoms with E-state index in [2.05, 4.69) is 5.32 Å². The number of carbonyl (C=O) groups is 1. The van der Waals surface area contributed by atoms with Gasteiger partial charge in [0.2, 0.25) is 0 Å². The van der Waals surface area contributed by atoms with Crippen molar-refractivity contribution < 1.29 is 9.18 Å². The van der Waals surface area contributed by atoms with E-state index in [-0.39, 0.29) is 10.3 Å². The van der Waals surface area contributed by atoms with Gasteiger partial charge in [0, 0.05) is 16.3 Å². The van der Waals surface area contributed by atoms with E-state index in [1.165, 1.54) is 18.2 Å². The predicted octanol–water partition coefficient (Wildman–Crippen LogP) is 3.35. The highest BCUT2D eigenvalue weighted by molar-refractivity contribution is 7.99. The predicted molar refractivity (Wildman–Crippen MR) is 71.3 cm³/mol. The van der Waals surface area contributed by atoms with Crippen molar-refractivity contribution in [1.82, 2.24) is 5.32 Å². The zero-order chi connectivity index (χ0) is 13.1. The van der Waals surface area contributed by atoms with Crippen LogP contribution in [0.4, 0.5) is 4.39 Å². The van der Waals surface area contributed by atoms with Crippen LogP contribution < -0.4 is 5.32 Å². The molecule has 0 bridgehead atoms. The Morgan fingerprint density at radius 2 is 2.18 bits per heavy atom. The number of rotatable bonds is 4. The van der Waals surface area contributed by atoms with Gasteiger partial charge in [0.25, 0.3) is 5.91 Å². The second-order valence-corrected chi connectivity index (χ2v) is 6.22. The molecule has 1 aromatic rings. The van der Waals surface area contributed by atoms with Crippen molar-refractivity contribution in [2.45, 2.75) is 18.6 Å². The van der Waals surface area contributed by atoms with E-state index in [1.54, 1.807) is 11.8 Å². The second kappa shape index (κ2) is 5.74. The lowest BCUT2D eigenvalue weighted by Crippen LogP contribution is -2.36. The maximum absolute atomic E-state index is 13.4. The fourth-order valence-corrected chi connectivity index (χ4v) is 1.52. The molecule has 0 radical (unpaired) electrons. The molecule has 0 aliphatic heterocycles. The van der Waals surface area contributed by atoms with Crippen LogP contribution in [0.5, 0.6) is 0 Å². The lowest BCUT2D eigenvalue weighted by Gasteiger charge is -2.22. The molecule has 0 spiro atoms. The van der Waals surface area contributed by atoms with Gasteiger partial charge in [0.1, 0.15) is 5.82 Å². The van der Waals surface area contributed by atoms with Crippen LogP contribution in [0.3, 0.4) is 0 Å². The monoisotopic (exact) mass is 275 g/mol. The van der Waals surface area contributed by atoms with Crippen molar-refractivity contribution in [3.8, 4) is 0 Å². The Hall–Kier alpha value is -0.740. The highest BCUT2D eigenvalue weighted by Crippen LogP contribution is 2.20. The normalized spacial score (nSPS) is 11.4. The first-order valence-electron chi connectivity index (χ1n) is 5.14. The lowest BCUT2D eigenvalue weighted by atomic mass is 10.1. The van der Waals surface area contributed by atoms with Gasteiger partial charge in [-0.05, 0) is 38.3 Å². The minimum absolute atomic E-state index is 0.0191. The van der Waals surface area contributed by atoms with Crippen LogP contribution in [0.1, 0.15) is 24.2 Å². The molecular weight excluding hydrogens is 261 g/mol. The largest absolute Gasteiger partial charge is 0.351 e. The summed E-state index contributed by atoms with van der Waals surface area (Å²) >= 11 is 7.36. The van der Waals surface area contributed by atoms with Gasteiger partial charge in [0.15, 0.2) is 0 Å². The standard InChI is InChI=1S/C12H15ClFNOS/c1-12(2,17-3)7-15-11(16)9-6-8(13)4-5-10(9)14/h4-6H,7H2,1-3H3,(H,15,16). The average Bonchev–Trinajstić information content (AvgIpc) is 2.29. The van der Waals surface area contributed by atoms with E-state index in [9.17, 15) is 9.18 Å². The van der Waals surface area contributed by atoms with E-state index in [4.69, 9.17) is 11.6 Å². The van der Waals surface area contributed by atoms with Crippen LogP contribution in [0, 0.1) is 5.82 Å². The summed E-state index contributed by atoms with van der Waals surface area (Å²) in [5, 5.41) is 3.05. The number of halogens is 2. The first kappa shape index (κ1) is 14.3. The summed E-state index contributed by atoms with van der Waals surface area (Å²) in [7, 11) is 0. The fourth-order valence-electron chi connectivity index (χ4n) is 1.13. The molecule has 0 saturated carbocycles. The van der Waals surface area contributed by atoms with Crippen LogP contribution in [-0.2, 0) is 0 Å². The molecule has 2 nitrogen and oxygen atoms in total. The SMILES string of the molecule is CSC(C)(C)CNC(=O)c1cc(Cl)ccc1F. The first-order valence-corrected chi connectivity index (χ1v) is 6.74. The average molecular weight is 276 g/mol. The Balaban J connectivity index is 2.74. The molecule has 0 heterocycles. The van der Waals surface area contributed by atoms with Crippen molar-refractivity contribution in [2.24, 2.45) is 0 Å². The smallest absolute Gasteiger partial charge is 0.254 e. The summed E-state index contributed by atoms with van der Waals surface area (Å²) in [6.07, 6.45) is 1.96. The molecule has 0 aliphatic rings. The topological polar surface area (TPSA) is 29.1 Å². The third kappa shape index (κ3) is 4.21. The van der Waals surface area contributed by atoms with Crippen molar-refractivity contribution >= 4 is 29.3 Å². The van der Waals surface area contributed by atoms with Gasteiger partial charge in [-0.2, -0.15) is 11.8 Å². The highest BCUT2D eigenvalue weighted by atomic mass is 35.5. The number of carbonyl (C=O) groups excluding carboxylic acids is 1. The second-order valence-electron chi connectivity index (χ2n) is 4.27. The quantitative estimate of drug-likeness (QED) is 0.913. The molecule has 0 aromatic heterocycles. The van der Waals surface area contributed by atoms with Crippen LogP contribution in [-0.4, -0.2) is 23.5 Å². The summed E-state index contributed by atoms with van der Waals surface area (Å²) in [6, 6.07) is 3.94. The molecule has 0 fully saturated rings. The van der Waals surface area contributed by atoms with Crippen molar-refractivity contribution in [3.63, 3.8) is 0 Å². The van der Waals surface area contributed by atoms with Crippen molar-refractivity contribution in [2.75, 3.05) is 12.8 Å². The Kier molecular flexibility index (Phi) is 4.83. The minimum atomic E-state index is -0.561.